The summed E-state index contributed by atoms with van der Waals surface area (Å²) in [5.74, 6) is 0.363. The van der Waals surface area contributed by atoms with Crippen molar-refractivity contribution in [3.05, 3.63) is 0 Å². The topological polar surface area (TPSA) is 419 Å². The number of hydrogen-bond donors (Lipinski definition) is 16. The van der Waals surface area contributed by atoms with Gasteiger partial charge < -0.3 is 106 Å². The molecule has 0 heterocycles. The molecule has 0 aromatic carbocycles. The molecule has 27 heteroatoms. The van der Waals surface area contributed by atoms with Crippen molar-refractivity contribution in [3.8, 4) is 0 Å². The highest BCUT2D eigenvalue weighted by molar-refractivity contribution is 5.83. The first-order chi connectivity index (χ1) is 70.3. The number of aliphatic hydroxyl groups excluding tert-OH is 3. The van der Waals surface area contributed by atoms with Gasteiger partial charge in [-0.2, -0.15) is 0 Å². The molecule has 21 N–H and O–H groups in total. The number of nitrogens with two attached hydrogens (primary N) is 5. The van der Waals surface area contributed by atoms with Crippen molar-refractivity contribution in [2.45, 2.75) is 547 Å². The van der Waals surface area contributed by atoms with Gasteiger partial charge in [-0.05, 0) is 129 Å². The van der Waals surface area contributed by atoms with Crippen molar-refractivity contribution >= 4 is 41.4 Å². The Bertz CT molecular complexity index is 2630. The predicted octanol–water partition coefficient (Wildman–Crippen LogP) is 20.2. The summed E-state index contributed by atoms with van der Waals surface area (Å²) in [6, 6.07) is -0.557. The number of amides is 7. The molecule has 0 bridgehead atoms. The fraction of sp³-hybridized carbons (Fsp3) is 0.940. The van der Waals surface area contributed by atoms with Crippen molar-refractivity contribution < 1.29 is 48.9 Å². The minimum Gasteiger partial charge on any atom is -0.390 e. The quantitative estimate of drug-likeness (QED) is 0.0251. The molecule has 856 valence electrons. The Labute approximate surface area is 887 Å². The van der Waals surface area contributed by atoms with Crippen LogP contribution in [-0.4, -0.2) is 264 Å². The van der Waals surface area contributed by atoms with Gasteiger partial charge in [0.05, 0.1) is 24.4 Å². The number of hydrogen-bond acceptors (Lipinski definition) is 20. The van der Waals surface area contributed by atoms with Gasteiger partial charge in [-0.25, -0.2) is 0 Å². The Balaban J connectivity index is -0.00000207. The van der Waals surface area contributed by atoms with Gasteiger partial charge >= 0.3 is 0 Å². The van der Waals surface area contributed by atoms with Gasteiger partial charge in [0, 0.05) is 163 Å². The first-order valence-electron chi connectivity index (χ1n) is 61.4. The number of carbonyl (C=O) groups excluding carboxylic acids is 7. The summed E-state index contributed by atoms with van der Waals surface area (Å²) < 4.78 is 0. The standard InChI is InChI=1S/C40H84N6O4.C40H82N6O3.C37H77N5O3/c1-3-5-7-9-11-13-15-17-19-21-27-43-39(49)25-31-45(35-37(47)33-41)29-23-24-30-46(36-38(48)34-42)32-26-40(50)44-28-22-20-18-16-14-12-10-8-6-4-2;1-3-5-7-9-11-13-15-17-19-23-32-44-38(47)28-34-43-31-25-26-35-46(40(49)37(42)27-21-22-30-41)36-29-39(48)45-33-24-20-18-16-14-12-10-8-6-4-2;1-3-5-7-9-11-13-15-17-19-21-28-40-36(44)25-30-39-27-23-24-31-42(34-35(43)33-38)32-26-37(45)41-29-22-20-18-16-14-12-10-8-6-4-2/h37-38,47-48H,3-36,41-42H2,1-2H3,(H,43,49)(H,44,50);37,43H,3-36,41-42H2,1-2H3,(H,44,47)(H,45,48);35,39,43H,3-34,38H2,1-2H3,(H,40,44)(H,41,45). The third kappa shape index (κ3) is 112. The minimum atomic E-state index is -0.625. The van der Waals surface area contributed by atoms with Crippen molar-refractivity contribution in [2.24, 2.45) is 28.7 Å². The Morgan fingerprint density at radius 3 is 0.632 bits per heavy atom. The monoisotopic (exact) mass is 2050 g/mol. The van der Waals surface area contributed by atoms with Gasteiger partial charge in [0.15, 0.2) is 0 Å². The van der Waals surface area contributed by atoms with Crippen LogP contribution in [-0.2, 0) is 33.6 Å². The first-order valence-corrected chi connectivity index (χ1v) is 61.4. The van der Waals surface area contributed by atoms with E-state index in [1.165, 1.54) is 327 Å². The highest BCUT2D eigenvalue weighted by Crippen LogP contribution is 2.19. The van der Waals surface area contributed by atoms with E-state index in [4.69, 9.17) is 28.7 Å². The van der Waals surface area contributed by atoms with E-state index in [0.29, 0.717) is 123 Å². The molecule has 0 spiro atoms. The van der Waals surface area contributed by atoms with Crippen LogP contribution in [0.15, 0.2) is 0 Å². The molecule has 4 unspecified atom stereocenters. The summed E-state index contributed by atoms with van der Waals surface area (Å²) in [5, 5.41) is 55.6. The lowest BCUT2D eigenvalue weighted by atomic mass is 10.1. The van der Waals surface area contributed by atoms with E-state index in [1.54, 1.807) is 4.90 Å². The molecule has 0 saturated carbocycles. The van der Waals surface area contributed by atoms with Crippen LogP contribution in [0, 0.1) is 0 Å². The van der Waals surface area contributed by atoms with E-state index < -0.39 is 24.4 Å². The van der Waals surface area contributed by atoms with Crippen LogP contribution in [0.3, 0.4) is 0 Å². The van der Waals surface area contributed by atoms with Crippen LogP contribution >= 0.6 is 0 Å². The lowest BCUT2D eigenvalue weighted by Crippen LogP contribution is -2.45. The minimum absolute atomic E-state index is 0.00135. The third-order valence-electron chi connectivity index (χ3n) is 27.9. The van der Waals surface area contributed by atoms with Crippen LogP contribution in [0.1, 0.15) is 523 Å². The van der Waals surface area contributed by atoms with Crippen molar-refractivity contribution in [1.29, 1.82) is 0 Å². The molecule has 0 aliphatic rings. The maximum Gasteiger partial charge on any atom is 0.239 e. The van der Waals surface area contributed by atoms with Gasteiger partial charge in [0.2, 0.25) is 41.4 Å². The average molecular weight is 2050 g/mol. The Morgan fingerprint density at radius 2 is 0.410 bits per heavy atom. The van der Waals surface area contributed by atoms with E-state index >= 15 is 0 Å². The molecule has 27 nitrogen and oxygen atoms in total. The second-order valence-electron chi connectivity index (χ2n) is 42.1. The van der Waals surface area contributed by atoms with Gasteiger partial charge in [-0.3, -0.25) is 33.6 Å². The van der Waals surface area contributed by atoms with E-state index in [2.05, 4.69) is 98.8 Å². The normalized spacial score (nSPS) is 12.3. The predicted molar refractivity (Wildman–Crippen MR) is 612 cm³/mol. The fourth-order valence-corrected chi connectivity index (χ4v) is 18.2. The molecule has 144 heavy (non-hydrogen) atoms. The van der Waals surface area contributed by atoms with Crippen molar-refractivity contribution in [1.82, 2.24) is 62.1 Å². The molecule has 0 radical (unpaired) electrons. The zero-order chi connectivity index (χ0) is 106. The molecule has 0 aliphatic heterocycles. The van der Waals surface area contributed by atoms with Gasteiger partial charge in [0.1, 0.15) is 0 Å². The third-order valence-corrected chi connectivity index (χ3v) is 27.9. The molecule has 7 amide bonds. The molecular weight excluding hydrogens is 1800 g/mol. The van der Waals surface area contributed by atoms with Crippen LogP contribution in [0.2, 0.25) is 0 Å². The number of aliphatic hydroxyl groups is 3. The molecule has 0 aromatic rings. The number of nitrogens with one attached hydrogen (secondary N) is 8. The van der Waals surface area contributed by atoms with Crippen molar-refractivity contribution in [2.75, 3.05) is 164 Å². The maximum absolute atomic E-state index is 13.1. The molecule has 4 atom stereocenters. The van der Waals surface area contributed by atoms with E-state index in [0.717, 1.165) is 175 Å². The second kappa shape index (κ2) is 119. The van der Waals surface area contributed by atoms with Crippen molar-refractivity contribution in [3.63, 3.8) is 0 Å². The summed E-state index contributed by atoms with van der Waals surface area (Å²) >= 11 is 0. The Hall–Kier alpha value is -4.23. The highest BCUT2D eigenvalue weighted by Gasteiger charge is 2.23. The fourth-order valence-electron chi connectivity index (χ4n) is 18.2. The summed E-state index contributed by atoms with van der Waals surface area (Å²) in [6.45, 7) is 28.6. The smallest absolute Gasteiger partial charge is 0.239 e. The number of unbranched alkanes of at least 4 members (excludes halogenated alkanes) is 58. The molecule has 0 aliphatic carbocycles. The maximum atomic E-state index is 13.1. The second-order valence-corrected chi connectivity index (χ2v) is 42.1. The SMILES string of the molecule is CCCCCCCCCCCCNC(=O)CCN(CCCCN(CCC(=O)NCCCCCCCCCCCC)CC(O)CN)CC(O)CN.CCCCCCCCCCCCNC(=O)CCNCCCCN(CCC(=O)NCCCCCCCCCCCC)C(=O)C(N)CCCCN.CCCCCCCCCCCCNC(=O)CCNCCCCN(CCC(=O)NCCCCCCCCCCCC)CC(O)CN. The van der Waals surface area contributed by atoms with E-state index in [-0.39, 0.29) is 61.0 Å². The zero-order valence-corrected chi connectivity index (χ0v) is 95.4. The van der Waals surface area contributed by atoms with Crippen LogP contribution < -0.4 is 71.2 Å². The first kappa shape index (κ1) is 144. The lowest BCUT2D eigenvalue weighted by Gasteiger charge is -2.26. The largest absolute Gasteiger partial charge is 0.390 e. The number of carbonyl (C=O) groups is 7. The Morgan fingerprint density at radius 1 is 0.215 bits per heavy atom. The van der Waals surface area contributed by atoms with E-state index in [9.17, 15) is 48.9 Å². The van der Waals surface area contributed by atoms with Gasteiger partial charge in [-0.15, -0.1) is 0 Å². The summed E-state index contributed by atoms with van der Waals surface area (Å²) in [7, 11) is 0. The van der Waals surface area contributed by atoms with E-state index in [1.807, 2.05) is 0 Å². The molecular formula is C117H243N17O10. The van der Waals surface area contributed by atoms with Gasteiger partial charge in [0.25, 0.3) is 0 Å². The van der Waals surface area contributed by atoms with Crippen LogP contribution in [0.25, 0.3) is 0 Å². The lowest BCUT2D eigenvalue weighted by molar-refractivity contribution is -0.133. The molecule has 0 aromatic heterocycles. The van der Waals surface area contributed by atoms with Crippen LogP contribution in [0.5, 0.6) is 0 Å². The molecule has 0 saturated heterocycles. The number of rotatable bonds is 113. The highest BCUT2D eigenvalue weighted by atomic mass is 16.3. The zero-order valence-electron chi connectivity index (χ0n) is 95.4. The molecule has 0 rings (SSSR count). The Kier molecular flexibility index (Phi) is 119. The van der Waals surface area contributed by atoms with Crippen LogP contribution in [0.4, 0.5) is 0 Å². The number of nitrogens with zero attached hydrogens (tertiary/aromatic N) is 4. The summed E-state index contributed by atoms with van der Waals surface area (Å²) in [5.41, 5.74) is 28.9. The summed E-state index contributed by atoms with van der Waals surface area (Å²) in [4.78, 5) is 95.5. The average Bonchev–Trinajstić information content (AvgIpc) is 0.896. The van der Waals surface area contributed by atoms with Gasteiger partial charge in [-0.1, -0.05) is 395 Å². The summed E-state index contributed by atoms with van der Waals surface area (Å²) in [6.07, 6.45) is 85.6. The molecule has 0 fully saturated rings.